The van der Waals surface area contributed by atoms with Crippen molar-refractivity contribution in [3.05, 3.63) is 54.1 Å². The minimum Gasteiger partial charge on any atom is -0.375 e. The molecule has 1 atom stereocenters. The van der Waals surface area contributed by atoms with Gasteiger partial charge < -0.3 is 11.1 Å². The van der Waals surface area contributed by atoms with Crippen molar-refractivity contribution in [2.75, 3.05) is 11.9 Å². The lowest BCUT2D eigenvalue weighted by Gasteiger charge is -2.17. The Morgan fingerprint density at radius 3 is 2.59 bits per heavy atom. The number of nitrogens with zero attached hydrogens (tertiary/aromatic N) is 2. The van der Waals surface area contributed by atoms with Crippen LogP contribution in [0.4, 0.5) is 5.69 Å². The quantitative estimate of drug-likeness (QED) is 0.839. The summed E-state index contributed by atoms with van der Waals surface area (Å²) in [6.45, 7) is 2.56. The molecular formula is C13H16N4. The van der Waals surface area contributed by atoms with E-state index in [1.807, 2.05) is 18.2 Å². The zero-order valence-electron chi connectivity index (χ0n) is 9.80. The molecule has 1 heterocycles. The summed E-state index contributed by atoms with van der Waals surface area (Å²) in [4.78, 5) is 8.11. The molecule has 0 fully saturated rings. The van der Waals surface area contributed by atoms with Crippen LogP contribution in [0.3, 0.4) is 0 Å². The van der Waals surface area contributed by atoms with E-state index in [1.54, 1.807) is 6.20 Å². The lowest BCUT2D eigenvalue weighted by molar-refractivity contribution is 0.755. The Morgan fingerprint density at radius 2 is 2.00 bits per heavy atom. The van der Waals surface area contributed by atoms with E-state index in [-0.39, 0.29) is 6.04 Å². The van der Waals surface area contributed by atoms with Crippen molar-refractivity contribution in [1.82, 2.24) is 9.97 Å². The van der Waals surface area contributed by atoms with Gasteiger partial charge >= 0.3 is 0 Å². The highest BCUT2D eigenvalue weighted by Crippen LogP contribution is 2.16. The molecule has 0 amide bonds. The average Bonchev–Trinajstić information content (AvgIpc) is 2.39. The van der Waals surface area contributed by atoms with E-state index < -0.39 is 0 Å². The fraction of sp³-hybridized carbons (Fsp3) is 0.231. The third-order valence-corrected chi connectivity index (χ3v) is 2.59. The van der Waals surface area contributed by atoms with E-state index in [4.69, 9.17) is 5.73 Å². The lowest BCUT2D eigenvalue weighted by atomic mass is 10.1. The molecule has 0 radical (unpaired) electrons. The molecule has 1 aromatic heterocycles. The smallest absolute Gasteiger partial charge is 0.115 e. The Bertz CT molecular complexity index is 453. The summed E-state index contributed by atoms with van der Waals surface area (Å²) < 4.78 is 0. The molecular weight excluding hydrogens is 212 g/mol. The molecule has 4 heteroatoms. The highest BCUT2D eigenvalue weighted by atomic mass is 15.0. The number of hydrogen-bond donors (Lipinski definition) is 2. The molecule has 0 aliphatic carbocycles. The SMILES string of the molecule is Cc1ccc(NC(CN)c2ccncn2)cc1. The van der Waals surface area contributed by atoms with Crippen LogP contribution in [-0.2, 0) is 0 Å². The first-order valence-electron chi connectivity index (χ1n) is 5.59. The number of nitrogens with one attached hydrogen (secondary N) is 1. The van der Waals surface area contributed by atoms with Gasteiger partial charge in [0.25, 0.3) is 0 Å². The Hall–Kier alpha value is -1.94. The second-order valence-corrected chi connectivity index (χ2v) is 3.93. The molecule has 4 nitrogen and oxygen atoms in total. The molecule has 0 aliphatic heterocycles. The van der Waals surface area contributed by atoms with Crippen LogP contribution < -0.4 is 11.1 Å². The standard InChI is InChI=1S/C13H16N4/c1-10-2-4-11(5-3-10)17-13(8-14)12-6-7-15-9-16-12/h2-7,9,13,17H,8,14H2,1H3. The van der Waals surface area contributed by atoms with Crippen LogP contribution >= 0.6 is 0 Å². The minimum absolute atomic E-state index is 0.0145. The molecule has 0 bridgehead atoms. The first-order chi connectivity index (χ1) is 8.29. The number of rotatable bonds is 4. The van der Waals surface area contributed by atoms with Crippen LogP contribution in [-0.4, -0.2) is 16.5 Å². The summed E-state index contributed by atoms with van der Waals surface area (Å²) in [7, 11) is 0. The maximum absolute atomic E-state index is 5.76. The summed E-state index contributed by atoms with van der Waals surface area (Å²) in [5.41, 5.74) is 8.95. The molecule has 0 aliphatic rings. The second-order valence-electron chi connectivity index (χ2n) is 3.93. The van der Waals surface area contributed by atoms with Gasteiger partial charge in [-0.3, -0.25) is 0 Å². The van der Waals surface area contributed by atoms with E-state index in [2.05, 4.69) is 34.3 Å². The van der Waals surface area contributed by atoms with Crippen molar-refractivity contribution in [3.63, 3.8) is 0 Å². The zero-order chi connectivity index (χ0) is 12.1. The number of anilines is 1. The van der Waals surface area contributed by atoms with E-state index in [9.17, 15) is 0 Å². The van der Waals surface area contributed by atoms with Gasteiger partial charge in [0.15, 0.2) is 0 Å². The van der Waals surface area contributed by atoms with Gasteiger partial charge in [0.2, 0.25) is 0 Å². The average molecular weight is 228 g/mol. The first-order valence-corrected chi connectivity index (χ1v) is 5.59. The van der Waals surface area contributed by atoms with Crippen molar-refractivity contribution in [2.24, 2.45) is 5.73 Å². The van der Waals surface area contributed by atoms with Gasteiger partial charge in [0.1, 0.15) is 6.33 Å². The van der Waals surface area contributed by atoms with Crippen LogP contribution in [0.2, 0.25) is 0 Å². The molecule has 0 spiro atoms. The molecule has 0 saturated heterocycles. The highest BCUT2D eigenvalue weighted by molar-refractivity contribution is 5.46. The number of nitrogens with two attached hydrogens (primary N) is 1. The number of hydrogen-bond acceptors (Lipinski definition) is 4. The van der Waals surface area contributed by atoms with Gasteiger partial charge in [-0.25, -0.2) is 9.97 Å². The van der Waals surface area contributed by atoms with Crippen LogP contribution in [0.5, 0.6) is 0 Å². The predicted molar refractivity (Wildman–Crippen MR) is 68.6 cm³/mol. The van der Waals surface area contributed by atoms with Gasteiger partial charge in [-0.2, -0.15) is 0 Å². The van der Waals surface area contributed by atoms with Crippen LogP contribution in [0.25, 0.3) is 0 Å². The first kappa shape index (κ1) is 11.5. The van der Waals surface area contributed by atoms with Crippen molar-refractivity contribution < 1.29 is 0 Å². The van der Waals surface area contributed by atoms with Gasteiger partial charge in [-0.15, -0.1) is 0 Å². The Labute approximate surface area is 101 Å². The third-order valence-electron chi connectivity index (χ3n) is 2.59. The van der Waals surface area contributed by atoms with Gasteiger partial charge in [-0.05, 0) is 25.1 Å². The van der Waals surface area contributed by atoms with Crippen molar-refractivity contribution in [3.8, 4) is 0 Å². The molecule has 88 valence electrons. The van der Waals surface area contributed by atoms with Crippen molar-refractivity contribution in [2.45, 2.75) is 13.0 Å². The predicted octanol–water partition coefficient (Wildman–Crippen LogP) is 1.90. The topological polar surface area (TPSA) is 63.8 Å². The summed E-state index contributed by atoms with van der Waals surface area (Å²) in [6.07, 6.45) is 3.26. The largest absolute Gasteiger partial charge is 0.375 e. The number of aromatic nitrogens is 2. The summed E-state index contributed by atoms with van der Waals surface area (Å²) in [5, 5.41) is 3.36. The number of aryl methyl sites for hydroxylation is 1. The van der Waals surface area contributed by atoms with Gasteiger partial charge in [-0.1, -0.05) is 17.7 Å². The fourth-order valence-electron chi connectivity index (χ4n) is 1.61. The van der Waals surface area contributed by atoms with E-state index in [0.717, 1.165) is 11.4 Å². The summed E-state index contributed by atoms with van der Waals surface area (Å²) in [6, 6.07) is 10.1. The molecule has 1 aromatic carbocycles. The Balaban J connectivity index is 2.13. The second kappa shape index (κ2) is 5.41. The normalized spacial score (nSPS) is 12.1. The monoisotopic (exact) mass is 228 g/mol. The molecule has 2 rings (SSSR count). The number of benzene rings is 1. The lowest BCUT2D eigenvalue weighted by Crippen LogP contribution is -2.21. The van der Waals surface area contributed by atoms with E-state index in [0.29, 0.717) is 6.54 Å². The molecule has 0 saturated carbocycles. The Morgan fingerprint density at radius 1 is 1.24 bits per heavy atom. The zero-order valence-corrected chi connectivity index (χ0v) is 9.80. The Kier molecular flexibility index (Phi) is 3.67. The third kappa shape index (κ3) is 3.01. The van der Waals surface area contributed by atoms with Crippen LogP contribution in [0, 0.1) is 6.92 Å². The van der Waals surface area contributed by atoms with Gasteiger partial charge in [0, 0.05) is 18.4 Å². The van der Waals surface area contributed by atoms with Crippen molar-refractivity contribution >= 4 is 5.69 Å². The van der Waals surface area contributed by atoms with E-state index in [1.165, 1.54) is 11.9 Å². The maximum atomic E-state index is 5.76. The van der Waals surface area contributed by atoms with Crippen LogP contribution in [0.1, 0.15) is 17.3 Å². The van der Waals surface area contributed by atoms with E-state index >= 15 is 0 Å². The highest BCUT2D eigenvalue weighted by Gasteiger charge is 2.09. The molecule has 17 heavy (non-hydrogen) atoms. The maximum Gasteiger partial charge on any atom is 0.115 e. The fourth-order valence-corrected chi connectivity index (χ4v) is 1.61. The minimum atomic E-state index is 0.0145. The van der Waals surface area contributed by atoms with Gasteiger partial charge in [0.05, 0.1) is 11.7 Å². The summed E-state index contributed by atoms with van der Waals surface area (Å²) in [5.74, 6) is 0. The molecule has 3 N–H and O–H groups in total. The summed E-state index contributed by atoms with van der Waals surface area (Å²) >= 11 is 0. The van der Waals surface area contributed by atoms with Crippen molar-refractivity contribution in [1.29, 1.82) is 0 Å². The van der Waals surface area contributed by atoms with Crippen LogP contribution in [0.15, 0.2) is 42.9 Å². The molecule has 1 unspecified atom stereocenters. The molecule has 2 aromatic rings.